The summed E-state index contributed by atoms with van der Waals surface area (Å²) >= 11 is 3.28. The van der Waals surface area contributed by atoms with E-state index in [2.05, 4.69) is 32.6 Å². The molecule has 2 nitrogen and oxygen atoms in total. The van der Waals surface area contributed by atoms with Gasteiger partial charge in [-0.15, -0.1) is 6.58 Å². The Hall–Kier alpha value is -0.940. The first kappa shape index (κ1) is 13.1. The summed E-state index contributed by atoms with van der Waals surface area (Å²) in [6.07, 6.45) is 1.70. The molecule has 0 aromatic heterocycles. The first-order valence-electron chi connectivity index (χ1n) is 4.68. The van der Waals surface area contributed by atoms with Crippen molar-refractivity contribution in [2.24, 2.45) is 0 Å². The molecule has 0 atom stereocenters. The summed E-state index contributed by atoms with van der Waals surface area (Å²) in [5, 5.41) is 3.03. The van der Waals surface area contributed by atoms with Gasteiger partial charge in [-0.3, -0.25) is 0 Å². The Balaban J connectivity index is 2.76. The third-order valence-electron chi connectivity index (χ3n) is 1.84. The van der Waals surface area contributed by atoms with Crippen LogP contribution in [0.1, 0.15) is 5.56 Å². The van der Waals surface area contributed by atoms with Crippen LogP contribution in [0.2, 0.25) is 0 Å². The molecule has 1 aromatic rings. The van der Waals surface area contributed by atoms with Gasteiger partial charge in [-0.1, -0.05) is 22.0 Å². The van der Waals surface area contributed by atoms with E-state index < -0.39 is 6.61 Å². The van der Waals surface area contributed by atoms with Crippen LogP contribution in [0.15, 0.2) is 35.3 Å². The second kappa shape index (κ2) is 6.60. The van der Waals surface area contributed by atoms with Crippen LogP contribution in [-0.2, 0) is 6.54 Å². The molecule has 0 fully saturated rings. The topological polar surface area (TPSA) is 21.3 Å². The van der Waals surface area contributed by atoms with E-state index in [0.29, 0.717) is 18.7 Å². The van der Waals surface area contributed by atoms with Gasteiger partial charge in [-0.2, -0.15) is 8.78 Å². The van der Waals surface area contributed by atoms with Gasteiger partial charge in [0.25, 0.3) is 0 Å². The lowest BCUT2D eigenvalue weighted by atomic mass is 10.2. The third kappa shape index (κ3) is 4.28. The number of hydrogen-bond donors (Lipinski definition) is 1. The van der Waals surface area contributed by atoms with Crippen molar-refractivity contribution in [2.75, 3.05) is 6.54 Å². The summed E-state index contributed by atoms with van der Waals surface area (Å²) in [4.78, 5) is 0. The number of halogens is 3. The van der Waals surface area contributed by atoms with Crippen LogP contribution in [0, 0.1) is 0 Å². The fourth-order valence-corrected chi connectivity index (χ4v) is 1.61. The zero-order chi connectivity index (χ0) is 12.0. The normalized spacial score (nSPS) is 10.5. The molecule has 0 aliphatic carbocycles. The van der Waals surface area contributed by atoms with Gasteiger partial charge in [0, 0.05) is 23.1 Å². The summed E-state index contributed by atoms with van der Waals surface area (Å²) in [7, 11) is 0. The van der Waals surface area contributed by atoms with Crippen molar-refractivity contribution in [1.29, 1.82) is 0 Å². The van der Waals surface area contributed by atoms with Gasteiger partial charge < -0.3 is 10.1 Å². The molecular formula is C11H12BrF2NO. The van der Waals surface area contributed by atoms with Crippen LogP contribution in [0.5, 0.6) is 5.75 Å². The largest absolute Gasteiger partial charge is 0.434 e. The van der Waals surface area contributed by atoms with Gasteiger partial charge in [0.2, 0.25) is 0 Å². The number of nitrogens with one attached hydrogen (secondary N) is 1. The van der Waals surface area contributed by atoms with Gasteiger partial charge in [0.15, 0.2) is 0 Å². The maximum atomic E-state index is 12.1. The predicted molar refractivity (Wildman–Crippen MR) is 62.7 cm³/mol. The smallest absolute Gasteiger partial charge is 0.387 e. The first-order chi connectivity index (χ1) is 7.63. The minimum absolute atomic E-state index is 0.190. The molecule has 0 saturated carbocycles. The summed E-state index contributed by atoms with van der Waals surface area (Å²) in [5.41, 5.74) is 0.677. The molecule has 0 unspecified atom stereocenters. The van der Waals surface area contributed by atoms with Crippen molar-refractivity contribution in [3.05, 3.63) is 40.9 Å². The second-order valence-corrected chi connectivity index (χ2v) is 3.97. The van der Waals surface area contributed by atoms with Crippen molar-refractivity contribution in [2.45, 2.75) is 13.2 Å². The highest BCUT2D eigenvalue weighted by Crippen LogP contribution is 2.24. The summed E-state index contributed by atoms with van der Waals surface area (Å²) in [6, 6.07) is 4.92. The van der Waals surface area contributed by atoms with Crippen molar-refractivity contribution in [1.82, 2.24) is 5.32 Å². The van der Waals surface area contributed by atoms with Crippen LogP contribution < -0.4 is 10.1 Å². The van der Waals surface area contributed by atoms with Gasteiger partial charge in [-0.05, 0) is 18.2 Å². The molecule has 0 amide bonds. The number of benzene rings is 1. The third-order valence-corrected chi connectivity index (χ3v) is 2.34. The summed E-state index contributed by atoms with van der Waals surface area (Å²) < 4.78 is 29.5. The maximum absolute atomic E-state index is 12.1. The van der Waals surface area contributed by atoms with Crippen molar-refractivity contribution in [3.63, 3.8) is 0 Å². The average molecular weight is 292 g/mol. The lowest BCUT2D eigenvalue weighted by Gasteiger charge is -2.11. The molecule has 88 valence electrons. The lowest BCUT2D eigenvalue weighted by molar-refractivity contribution is -0.0505. The Bertz CT molecular complexity index is 358. The molecule has 0 heterocycles. The van der Waals surface area contributed by atoms with E-state index in [-0.39, 0.29) is 5.75 Å². The minimum atomic E-state index is -2.81. The predicted octanol–water partition coefficient (Wildman–Crippen LogP) is 3.33. The van der Waals surface area contributed by atoms with E-state index in [1.807, 2.05) is 0 Å². The second-order valence-electron chi connectivity index (χ2n) is 3.05. The molecule has 0 aliphatic rings. The fraction of sp³-hybridized carbons (Fsp3) is 0.273. The van der Waals surface area contributed by atoms with Crippen molar-refractivity contribution >= 4 is 15.9 Å². The van der Waals surface area contributed by atoms with Crippen LogP contribution in [0.3, 0.4) is 0 Å². The highest BCUT2D eigenvalue weighted by molar-refractivity contribution is 9.10. The summed E-state index contributed by atoms with van der Waals surface area (Å²) in [5.74, 6) is 0.190. The highest BCUT2D eigenvalue weighted by atomic mass is 79.9. The molecule has 1 N–H and O–H groups in total. The number of hydrogen-bond acceptors (Lipinski definition) is 2. The van der Waals surface area contributed by atoms with E-state index >= 15 is 0 Å². The van der Waals surface area contributed by atoms with E-state index in [9.17, 15) is 8.78 Å². The van der Waals surface area contributed by atoms with Gasteiger partial charge in [0.05, 0.1) is 0 Å². The quantitative estimate of drug-likeness (QED) is 0.641. The Morgan fingerprint density at radius 3 is 2.88 bits per heavy atom. The van der Waals surface area contributed by atoms with E-state index in [1.165, 1.54) is 6.07 Å². The van der Waals surface area contributed by atoms with Gasteiger partial charge in [0.1, 0.15) is 5.75 Å². The molecule has 0 bridgehead atoms. The van der Waals surface area contributed by atoms with Crippen LogP contribution >= 0.6 is 15.9 Å². The van der Waals surface area contributed by atoms with E-state index in [1.54, 1.807) is 18.2 Å². The maximum Gasteiger partial charge on any atom is 0.387 e. The van der Waals surface area contributed by atoms with Crippen molar-refractivity contribution < 1.29 is 13.5 Å². The molecule has 5 heteroatoms. The fourth-order valence-electron chi connectivity index (χ4n) is 1.21. The monoisotopic (exact) mass is 291 g/mol. The molecule has 0 saturated heterocycles. The molecule has 0 radical (unpaired) electrons. The molecule has 0 aliphatic heterocycles. The first-order valence-corrected chi connectivity index (χ1v) is 5.47. The Kier molecular flexibility index (Phi) is 5.42. The standard InChI is InChI=1S/C11H12BrF2NO/c1-2-5-15-7-8-6-9(12)3-4-10(8)16-11(13)14/h2-4,6,11,15H,1,5,7H2. The van der Waals surface area contributed by atoms with Crippen LogP contribution in [0.4, 0.5) is 8.78 Å². The number of rotatable bonds is 6. The molecule has 0 spiro atoms. The Morgan fingerprint density at radius 2 is 2.25 bits per heavy atom. The van der Waals surface area contributed by atoms with E-state index in [0.717, 1.165) is 4.47 Å². The van der Waals surface area contributed by atoms with E-state index in [4.69, 9.17) is 0 Å². The molecule has 1 rings (SSSR count). The highest BCUT2D eigenvalue weighted by Gasteiger charge is 2.09. The lowest BCUT2D eigenvalue weighted by Crippen LogP contribution is -2.14. The molecular weight excluding hydrogens is 280 g/mol. The van der Waals surface area contributed by atoms with Gasteiger partial charge >= 0.3 is 6.61 Å². The van der Waals surface area contributed by atoms with Crippen LogP contribution in [0.25, 0.3) is 0 Å². The number of ether oxygens (including phenoxy) is 1. The zero-order valence-electron chi connectivity index (χ0n) is 8.55. The number of alkyl halides is 2. The zero-order valence-corrected chi connectivity index (χ0v) is 10.1. The Labute approximate surface area is 101 Å². The molecule has 16 heavy (non-hydrogen) atoms. The minimum Gasteiger partial charge on any atom is -0.434 e. The average Bonchev–Trinajstić information content (AvgIpc) is 2.22. The molecule has 1 aromatic carbocycles. The van der Waals surface area contributed by atoms with Crippen molar-refractivity contribution in [3.8, 4) is 5.75 Å². The summed E-state index contributed by atoms with van der Waals surface area (Å²) in [6.45, 7) is 1.81. The SMILES string of the molecule is C=CCNCc1cc(Br)ccc1OC(F)F. The van der Waals surface area contributed by atoms with Crippen LogP contribution in [-0.4, -0.2) is 13.2 Å². The van der Waals surface area contributed by atoms with Gasteiger partial charge in [-0.25, -0.2) is 0 Å². The Morgan fingerprint density at radius 1 is 1.50 bits per heavy atom.